The van der Waals surface area contributed by atoms with Crippen LogP contribution < -0.4 is 10.1 Å². The van der Waals surface area contributed by atoms with Crippen LogP contribution in [0.5, 0.6) is 11.6 Å². The van der Waals surface area contributed by atoms with Gasteiger partial charge in [-0.15, -0.1) is 0 Å². The van der Waals surface area contributed by atoms with E-state index in [2.05, 4.69) is 10.3 Å². The number of ether oxygens (including phenoxy) is 1. The third kappa shape index (κ3) is 3.95. The van der Waals surface area contributed by atoms with Crippen molar-refractivity contribution in [2.24, 2.45) is 0 Å². The van der Waals surface area contributed by atoms with Crippen LogP contribution in [0, 0.1) is 24.0 Å². The molecule has 0 aliphatic rings. The van der Waals surface area contributed by atoms with Gasteiger partial charge in [-0.2, -0.15) is 0 Å². The summed E-state index contributed by atoms with van der Waals surface area (Å²) in [5.74, 6) is 0.434. The molecule has 0 bridgehead atoms. The topological polar surface area (TPSA) is 97.5 Å². The fourth-order valence-corrected chi connectivity index (χ4v) is 2.10. The van der Waals surface area contributed by atoms with Crippen molar-refractivity contribution < 1.29 is 14.8 Å². The predicted molar refractivity (Wildman–Crippen MR) is 87.1 cm³/mol. The van der Waals surface area contributed by atoms with Gasteiger partial charge < -0.3 is 15.2 Å². The molecule has 122 valence electrons. The second-order valence-electron chi connectivity index (χ2n) is 5.03. The molecule has 7 heteroatoms. The zero-order valence-corrected chi connectivity index (χ0v) is 13.1. The fourth-order valence-electron chi connectivity index (χ4n) is 2.10. The Balaban J connectivity index is 2.46. The maximum absolute atomic E-state index is 11.5. The summed E-state index contributed by atoms with van der Waals surface area (Å²) in [5.41, 5.74) is 1.51. The van der Waals surface area contributed by atoms with Crippen LogP contribution in [0.2, 0.25) is 0 Å². The summed E-state index contributed by atoms with van der Waals surface area (Å²) in [6.45, 7) is 3.97. The molecule has 0 amide bonds. The van der Waals surface area contributed by atoms with Crippen molar-refractivity contribution in [1.29, 1.82) is 0 Å². The van der Waals surface area contributed by atoms with Gasteiger partial charge in [0.15, 0.2) is 0 Å². The predicted octanol–water partition coefficient (Wildman–Crippen LogP) is 3.19. The van der Waals surface area contributed by atoms with Gasteiger partial charge in [0.05, 0.1) is 4.92 Å². The highest BCUT2D eigenvalue weighted by atomic mass is 16.6. The van der Waals surface area contributed by atoms with Crippen molar-refractivity contribution in [3.05, 3.63) is 51.7 Å². The van der Waals surface area contributed by atoms with E-state index in [0.29, 0.717) is 35.7 Å². The molecule has 0 saturated heterocycles. The number of aryl methyl sites for hydroxylation is 1. The Labute approximate surface area is 134 Å². The van der Waals surface area contributed by atoms with Gasteiger partial charge in [0, 0.05) is 24.4 Å². The summed E-state index contributed by atoms with van der Waals surface area (Å²) in [6, 6.07) is 8.81. The lowest BCUT2D eigenvalue weighted by Crippen LogP contribution is -2.10. The van der Waals surface area contributed by atoms with Gasteiger partial charge in [0.1, 0.15) is 11.4 Å². The number of para-hydroxylation sites is 1. The minimum Gasteiger partial charge on any atom is -0.434 e. The van der Waals surface area contributed by atoms with Gasteiger partial charge in [-0.05, 0) is 32.4 Å². The molecule has 0 aliphatic carbocycles. The highest BCUT2D eigenvalue weighted by Gasteiger charge is 2.27. The first-order chi connectivity index (χ1) is 11.0. The van der Waals surface area contributed by atoms with Crippen molar-refractivity contribution in [2.45, 2.75) is 20.3 Å². The lowest BCUT2D eigenvalue weighted by atomic mass is 10.1. The second kappa shape index (κ2) is 7.55. The molecule has 0 spiro atoms. The van der Waals surface area contributed by atoms with Gasteiger partial charge >= 0.3 is 11.6 Å². The van der Waals surface area contributed by atoms with Crippen molar-refractivity contribution in [1.82, 2.24) is 4.98 Å². The first-order valence-electron chi connectivity index (χ1n) is 7.27. The van der Waals surface area contributed by atoms with Gasteiger partial charge in [-0.25, -0.2) is 4.98 Å². The molecule has 23 heavy (non-hydrogen) atoms. The quantitative estimate of drug-likeness (QED) is 0.462. The van der Waals surface area contributed by atoms with E-state index in [9.17, 15) is 10.1 Å². The van der Waals surface area contributed by atoms with Gasteiger partial charge in [-0.3, -0.25) is 10.1 Å². The molecule has 2 N–H and O–H groups in total. The van der Waals surface area contributed by atoms with Gasteiger partial charge in [0.25, 0.3) is 0 Å². The largest absolute Gasteiger partial charge is 0.434 e. The Morgan fingerprint density at radius 1 is 1.30 bits per heavy atom. The van der Waals surface area contributed by atoms with Crippen molar-refractivity contribution >= 4 is 11.4 Å². The fraction of sp³-hybridized carbons (Fsp3) is 0.312. The summed E-state index contributed by atoms with van der Waals surface area (Å²) in [5, 5.41) is 23.4. The molecule has 7 nitrogen and oxygen atoms in total. The molecule has 0 saturated carbocycles. The van der Waals surface area contributed by atoms with E-state index in [4.69, 9.17) is 9.84 Å². The number of nitrogens with one attached hydrogen (secondary N) is 1. The number of hydrogen-bond acceptors (Lipinski definition) is 6. The first kappa shape index (κ1) is 16.7. The van der Waals surface area contributed by atoms with E-state index in [0.717, 1.165) is 0 Å². The molecule has 0 aliphatic heterocycles. The summed E-state index contributed by atoms with van der Waals surface area (Å²) in [4.78, 5) is 15.2. The van der Waals surface area contributed by atoms with E-state index in [-0.39, 0.29) is 18.2 Å². The lowest BCUT2D eigenvalue weighted by molar-refractivity contribution is -0.385. The number of nitro groups is 1. The number of pyridine rings is 1. The monoisotopic (exact) mass is 317 g/mol. The van der Waals surface area contributed by atoms with E-state index < -0.39 is 4.92 Å². The maximum Gasteiger partial charge on any atom is 0.354 e. The molecule has 0 radical (unpaired) electrons. The number of benzene rings is 1. The molecule has 1 aromatic heterocycles. The smallest absolute Gasteiger partial charge is 0.354 e. The third-order valence-corrected chi connectivity index (χ3v) is 3.40. The standard InChI is InChI=1S/C16H19N3O4/c1-11-12(2)18-16(23-13-7-4-3-5-8-13)15(19(21)22)14(11)17-9-6-10-20/h3-5,7-8,20H,6,9-10H2,1-2H3,(H,17,18). The molecule has 1 aromatic carbocycles. The Hall–Kier alpha value is -2.67. The zero-order valence-electron chi connectivity index (χ0n) is 13.1. The van der Waals surface area contributed by atoms with Gasteiger partial charge in [0.2, 0.25) is 0 Å². The summed E-state index contributed by atoms with van der Waals surface area (Å²) in [6.07, 6.45) is 0.493. The van der Waals surface area contributed by atoms with Crippen LogP contribution in [0.4, 0.5) is 11.4 Å². The molecule has 2 aromatic rings. The van der Waals surface area contributed by atoms with Crippen LogP contribution in [0.1, 0.15) is 17.7 Å². The van der Waals surface area contributed by atoms with Crippen LogP contribution in [0.25, 0.3) is 0 Å². The summed E-state index contributed by atoms with van der Waals surface area (Å²) >= 11 is 0. The van der Waals surface area contributed by atoms with Crippen LogP contribution in [-0.2, 0) is 0 Å². The van der Waals surface area contributed by atoms with E-state index >= 15 is 0 Å². The minimum atomic E-state index is -0.501. The maximum atomic E-state index is 11.5. The number of aliphatic hydroxyl groups is 1. The van der Waals surface area contributed by atoms with Crippen molar-refractivity contribution in [3.63, 3.8) is 0 Å². The number of aromatic nitrogens is 1. The van der Waals surface area contributed by atoms with Crippen LogP contribution in [-0.4, -0.2) is 28.2 Å². The van der Waals surface area contributed by atoms with Crippen LogP contribution in [0.3, 0.4) is 0 Å². The average molecular weight is 317 g/mol. The minimum absolute atomic E-state index is 0.0112. The average Bonchev–Trinajstić information content (AvgIpc) is 2.52. The normalized spacial score (nSPS) is 10.4. The molecule has 0 atom stereocenters. The SMILES string of the molecule is Cc1nc(Oc2ccccc2)c([N+](=O)[O-])c(NCCCO)c1C. The van der Waals surface area contributed by atoms with Gasteiger partial charge in [-0.1, -0.05) is 18.2 Å². The Morgan fingerprint density at radius 2 is 2.00 bits per heavy atom. The van der Waals surface area contributed by atoms with E-state index in [1.165, 1.54) is 0 Å². The van der Waals surface area contributed by atoms with Crippen molar-refractivity contribution in [2.75, 3.05) is 18.5 Å². The zero-order chi connectivity index (χ0) is 16.8. The number of rotatable bonds is 7. The number of aliphatic hydroxyl groups excluding tert-OH is 1. The Bertz CT molecular complexity index is 689. The second-order valence-corrected chi connectivity index (χ2v) is 5.03. The molecular formula is C16H19N3O4. The summed E-state index contributed by atoms with van der Waals surface area (Å²) < 4.78 is 5.61. The van der Waals surface area contributed by atoms with Crippen LogP contribution in [0.15, 0.2) is 30.3 Å². The highest BCUT2D eigenvalue weighted by Crippen LogP contribution is 2.39. The number of nitrogens with zero attached hydrogens (tertiary/aromatic N) is 2. The molecular weight excluding hydrogens is 298 g/mol. The molecule has 1 heterocycles. The number of anilines is 1. The Kier molecular flexibility index (Phi) is 5.48. The first-order valence-corrected chi connectivity index (χ1v) is 7.27. The number of hydrogen-bond donors (Lipinski definition) is 2. The molecule has 0 unspecified atom stereocenters. The molecule has 2 rings (SSSR count). The third-order valence-electron chi connectivity index (χ3n) is 3.40. The highest BCUT2D eigenvalue weighted by molar-refractivity contribution is 5.71. The summed E-state index contributed by atoms with van der Waals surface area (Å²) in [7, 11) is 0. The lowest BCUT2D eigenvalue weighted by Gasteiger charge is -2.14. The van der Waals surface area contributed by atoms with Crippen molar-refractivity contribution in [3.8, 4) is 11.6 Å². The van der Waals surface area contributed by atoms with E-state index in [1.54, 1.807) is 38.1 Å². The van der Waals surface area contributed by atoms with E-state index in [1.807, 2.05) is 6.07 Å². The molecule has 0 fully saturated rings. The Morgan fingerprint density at radius 3 is 2.61 bits per heavy atom. The van der Waals surface area contributed by atoms with Crippen LogP contribution >= 0.6 is 0 Å².